The van der Waals surface area contributed by atoms with Crippen LogP contribution in [0.25, 0.3) is 0 Å². The van der Waals surface area contributed by atoms with E-state index >= 15 is 0 Å². The molecular formula is C13H19NO2. The molecule has 3 heteroatoms. The standard InChI is InChI=1S/C13H19NO2/c1-4-15-14-9-11-7-5-6-10-8-13(2,3)16-12(10)11/h5-7,14H,4,8-9H2,1-3H3. The molecule has 0 radical (unpaired) electrons. The largest absolute Gasteiger partial charge is 0.487 e. The SMILES string of the molecule is CCONCc1cccc2c1OC(C)(C)C2. The topological polar surface area (TPSA) is 30.5 Å². The molecule has 1 aliphatic heterocycles. The normalized spacial score (nSPS) is 16.9. The summed E-state index contributed by atoms with van der Waals surface area (Å²) in [4.78, 5) is 5.14. The first-order valence-electron chi connectivity index (χ1n) is 5.77. The average molecular weight is 221 g/mol. The van der Waals surface area contributed by atoms with Crippen LogP contribution in [0.15, 0.2) is 18.2 Å². The van der Waals surface area contributed by atoms with Crippen LogP contribution in [-0.4, -0.2) is 12.2 Å². The van der Waals surface area contributed by atoms with Crippen molar-refractivity contribution in [1.29, 1.82) is 0 Å². The Hall–Kier alpha value is -1.06. The molecule has 2 rings (SSSR count). The maximum Gasteiger partial charge on any atom is 0.128 e. The number of para-hydroxylation sites is 1. The molecule has 0 aliphatic carbocycles. The zero-order valence-electron chi connectivity index (χ0n) is 10.2. The highest BCUT2D eigenvalue weighted by atomic mass is 16.6. The fraction of sp³-hybridized carbons (Fsp3) is 0.538. The van der Waals surface area contributed by atoms with Crippen molar-refractivity contribution in [2.75, 3.05) is 6.61 Å². The third-order valence-corrected chi connectivity index (χ3v) is 2.68. The second-order valence-corrected chi connectivity index (χ2v) is 4.70. The van der Waals surface area contributed by atoms with Gasteiger partial charge in [-0.3, -0.25) is 0 Å². The fourth-order valence-corrected chi connectivity index (χ4v) is 2.05. The minimum absolute atomic E-state index is 0.0793. The number of benzene rings is 1. The lowest BCUT2D eigenvalue weighted by atomic mass is 10.0. The van der Waals surface area contributed by atoms with Gasteiger partial charge in [0.1, 0.15) is 11.4 Å². The van der Waals surface area contributed by atoms with E-state index in [4.69, 9.17) is 9.57 Å². The molecule has 0 fully saturated rings. The molecule has 0 saturated carbocycles. The number of hydrogen-bond donors (Lipinski definition) is 1. The van der Waals surface area contributed by atoms with Crippen LogP contribution < -0.4 is 10.2 Å². The molecule has 1 heterocycles. The summed E-state index contributed by atoms with van der Waals surface area (Å²) in [6.45, 7) is 7.55. The highest BCUT2D eigenvalue weighted by molar-refractivity contribution is 5.45. The summed E-state index contributed by atoms with van der Waals surface area (Å²) in [5, 5.41) is 0. The van der Waals surface area contributed by atoms with Gasteiger partial charge in [0.05, 0.1) is 6.61 Å². The van der Waals surface area contributed by atoms with Crippen LogP contribution in [0.2, 0.25) is 0 Å². The van der Waals surface area contributed by atoms with Gasteiger partial charge in [-0.15, -0.1) is 0 Å². The molecule has 0 aromatic heterocycles. The van der Waals surface area contributed by atoms with Crippen molar-refractivity contribution in [3.8, 4) is 5.75 Å². The van der Waals surface area contributed by atoms with Crippen molar-refractivity contribution in [3.05, 3.63) is 29.3 Å². The lowest BCUT2D eigenvalue weighted by Gasteiger charge is -2.18. The van der Waals surface area contributed by atoms with Gasteiger partial charge in [0.2, 0.25) is 0 Å². The van der Waals surface area contributed by atoms with Crippen molar-refractivity contribution in [3.63, 3.8) is 0 Å². The first-order chi connectivity index (χ1) is 7.62. The Morgan fingerprint density at radius 1 is 1.44 bits per heavy atom. The van der Waals surface area contributed by atoms with Gasteiger partial charge in [0, 0.05) is 18.5 Å². The number of ether oxygens (including phenoxy) is 1. The average Bonchev–Trinajstić information content (AvgIpc) is 2.53. The van der Waals surface area contributed by atoms with E-state index < -0.39 is 0 Å². The molecule has 0 saturated heterocycles. The quantitative estimate of drug-likeness (QED) is 0.625. The molecule has 1 aromatic carbocycles. The van der Waals surface area contributed by atoms with Gasteiger partial charge >= 0.3 is 0 Å². The van der Waals surface area contributed by atoms with Crippen molar-refractivity contribution >= 4 is 0 Å². The molecular weight excluding hydrogens is 202 g/mol. The molecule has 0 amide bonds. The summed E-state index contributed by atoms with van der Waals surface area (Å²) in [5.74, 6) is 1.03. The van der Waals surface area contributed by atoms with E-state index in [1.807, 2.05) is 6.92 Å². The maximum absolute atomic E-state index is 5.96. The van der Waals surface area contributed by atoms with Crippen LogP contribution in [0.1, 0.15) is 31.9 Å². The van der Waals surface area contributed by atoms with E-state index in [-0.39, 0.29) is 5.60 Å². The molecule has 0 unspecified atom stereocenters. The van der Waals surface area contributed by atoms with Crippen LogP contribution in [0, 0.1) is 0 Å². The highest BCUT2D eigenvalue weighted by Crippen LogP contribution is 2.37. The van der Waals surface area contributed by atoms with Crippen LogP contribution in [0.5, 0.6) is 5.75 Å². The molecule has 3 nitrogen and oxygen atoms in total. The summed E-state index contributed by atoms with van der Waals surface area (Å²) in [6.07, 6.45) is 0.977. The van der Waals surface area contributed by atoms with Gasteiger partial charge < -0.3 is 9.57 Å². The summed E-state index contributed by atoms with van der Waals surface area (Å²) >= 11 is 0. The van der Waals surface area contributed by atoms with Crippen molar-refractivity contribution in [2.45, 2.75) is 39.3 Å². The summed E-state index contributed by atoms with van der Waals surface area (Å²) in [5.41, 5.74) is 5.30. The predicted molar refractivity (Wildman–Crippen MR) is 63.3 cm³/mol. The van der Waals surface area contributed by atoms with Gasteiger partial charge in [-0.1, -0.05) is 18.2 Å². The predicted octanol–water partition coefficient (Wildman–Crippen LogP) is 2.44. The van der Waals surface area contributed by atoms with Gasteiger partial charge in [-0.25, -0.2) is 0 Å². The fourth-order valence-electron chi connectivity index (χ4n) is 2.05. The van der Waals surface area contributed by atoms with Gasteiger partial charge in [-0.05, 0) is 26.3 Å². The Morgan fingerprint density at radius 2 is 2.25 bits per heavy atom. The Labute approximate surface area is 96.7 Å². The van der Waals surface area contributed by atoms with E-state index in [2.05, 4.69) is 37.5 Å². The van der Waals surface area contributed by atoms with Crippen molar-refractivity contribution in [2.24, 2.45) is 0 Å². The summed E-state index contributed by atoms with van der Waals surface area (Å²) < 4.78 is 5.96. The summed E-state index contributed by atoms with van der Waals surface area (Å²) in [7, 11) is 0. The molecule has 1 N–H and O–H groups in total. The van der Waals surface area contributed by atoms with Crippen molar-refractivity contribution < 1.29 is 9.57 Å². The second kappa shape index (κ2) is 4.44. The first kappa shape index (κ1) is 11.4. The monoisotopic (exact) mass is 221 g/mol. The molecule has 0 bridgehead atoms. The van der Waals surface area contributed by atoms with Crippen molar-refractivity contribution in [1.82, 2.24) is 5.48 Å². The minimum Gasteiger partial charge on any atom is -0.487 e. The maximum atomic E-state index is 5.96. The molecule has 1 aliphatic rings. The summed E-state index contributed by atoms with van der Waals surface area (Å²) in [6, 6.07) is 6.28. The van der Waals surface area contributed by atoms with E-state index in [0.717, 1.165) is 17.7 Å². The smallest absolute Gasteiger partial charge is 0.128 e. The Balaban J connectivity index is 2.14. The van der Waals surface area contributed by atoms with Crippen LogP contribution in [-0.2, 0) is 17.8 Å². The minimum atomic E-state index is -0.0793. The number of hydrogen-bond acceptors (Lipinski definition) is 3. The lowest BCUT2D eigenvalue weighted by molar-refractivity contribution is 0.0451. The van der Waals surface area contributed by atoms with Crippen LogP contribution >= 0.6 is 0 Å². The van der Waals surface area contributed by atoms with E-state index in [1.165, 1.54) is 5.56 Å². The number of nitrogens with one attached hydrogen (secondary N) is 1. The first-order valence-corrected chi connectivity index (χ1v) is 5.77. The van der Waals surface area contributed by atoms with E-state index in [9.17, 15) is 0 Å². The zero-order valence-corrected chi connectivity index (χ0v) is 10.2. The third-order valence-electron chi connectivity index (χ3n) is 2.68. The number of hydroxylamine groups is 1. The highest BCUT2D eigenvalue weighted by Gasteiger charge is 2.31. The van der Waals surface area contributed by atoms with Crippen LogP contribution in [0.3, 0.4) is 0 Å². The Bertz CT molecular complexity index is 374. The van der Waals surface area contributed by atoms with E-state index in [1.54, 1.807) is 0 Å². The van der Waals surface area contributed by atoms with Gasteiger partial charge in [0.15, 0.2) is 0 Å². The number of fused-ring (bicyclic) bond motifs is 1. The molecule has 1 aromatic rings. The third kappa shape index (κ3) is 2.36. The molecule has 16 heavy (non-hydrogen) atoms. The zero-order chi connectivity index (χ0) is 11.6. The number of rotatable bonds is 4. The molecule has 88 valence electrons. The van der Waals surface area contributed by atoms with Gasteiger partial charge in [-0.2, -0.15) is 5.48 Å². The van der Waals surface area contributed by atoms with Gasteiger partial charge in [0.25, 0.3) is 0 Å². The lowest BCUT2D eigenvalue weighted by Crippen LogP contribution is -2.25. The molecule has 0 spiro atoms. The molecule has 0 atom stereocenters. The Morgan fingerprint density at radius 3 is 3.00 bits per heavy atom. The second-order valence-electron chi connectivity index (χ2n) is 4.70. The van der Waals surface area contributed by atoms with Crippen LogP contribution in [0.4, 0.5) is 0 Å². The Kier molecular flexibility index (Phi) is 3.17. The van der Waals surface area contributed by atoms with E-state index in [0.29, 0.717) is 13.2 Å².